The van der Waals surface area contributed by atoms with E-state index in [1.54, 1.807) is 7.05 Å². The molecule has 118 valence electrons. The molecule has 2 unspecified atom stereocenters. The maximum absolute atomic E-state index is 12.2. The van der Waals surface area contributed by atoms with Crippen molar-refractivity contribution in [1.29, 1.82) is 0 Å². The van der Waals surface area contributed by atoms with Crippen molar-refractivity contribution < 1.29 is 13.2 Å². The minimum absolute atomic E-state index is 0.0406. The van der Waals surface area contributed by atoms with Gasteiger partial charge in [0.2, 0.25) is 10.0 Å². The van der Waals surface area contributed by atoms with Gasteiger partial charge in [-0.05, 0) is 24.3 Å². The Morgan fingerprint density at radius 2 is 2.10 bits per heavy atom. The van der Waals surface area contributed by atoms with Gasteiger partial charge >= 0.3 is 0 Å². The van der Waals surface area contributed by atoms with Gasteiger partial charge in [0.05, 0.1) is 0 Å². The molecule has 1 aromatic rings. The number of carbonyl (C=O) groups is 1. The second kappa shape index (κ2) is 6.19. The third-order valence-corrected chi connectivity index (χ3v) is 5.24. The van der Waals surface area contributed by atoms with Crippen molar-refractivity contribution in [1.82, 2.24) is 9.88 Å². The number of amides is 1. The summed E-state index contributed by atoms with van der Waals surface area (Å²) < 4.78 is 24.1. The molecule has 1 saturated carbocycles. The van der Waals surface area contributed by atoms with E-state index in [-0.39, 0.29) is 10.8 Å². The molecular weight excluding hydrogens is 290 g/mol. The lowest BCUT2D eigenvalue weighted by Crippen LogP contribution is -2.34. The molecule has 1 fully saturated rings. The van der Waals surface area contributed by atoms with E-state index in [1.807, 2.05) is 0 Å². The lowest BCUT2D eigenvalue weighted by Gasteiger charge is -2.28. The topological polar surface area (TPSA) is 94.2 Å². The van der Waals surface area contributed by atoms with Gasteiger partial charge in [0, 0.05) is 19.8 Å². The van der Waals surface area contributed by atoms with Gasteiger partial charge in [-0.15, -0.1) is 0 Å². The molecule has 0 aliphatic heterocycles. The lowest BCUT2D eigenvalue weighted by atomic mass is 9.80. The molecule has 1 aliphatic rings. The van der Waals surface area contributed by atoms with Crippen LogP contribution >= 0.6 is 0 Å². The molecule has 7 heteroatoms. The maximum atomic E-state index is 12.2. The molecule has 0 aromatic carbocycles. The van der Waals surface area contributed by atoms with Crippen LogP contribution in [0.5, 0.6) is 0 Å². The summed E-state index contributed by atoms with van der Waals surface area (Å²) in [6, 6.07) is 1.31. The van der Waals surface area contributed by atoms with Crippen LogP contribution < -0.4 is 10.5 Å². The molecule has 1 aromatic heterocycles. The van der Waals surface area contributed by atoms with Crippen LogP contribution in [-0.4, -0.2) is 25.4 Å². The van der Waals surface area contributed by atoms with Gasteiger partial charge < -0.3 is 9.88 Å². The number of aromatic nitrogens is 1. The summed E-state index contributed by atoms with van der Waals surface area (Å²) in [5.41, 5.74) is 0.308. The summed E-state index contributed by atoms with van der Waals surface area (Å²) >= 11 is 0. The molecule has 1 aliphatic carbocycles. The summed E-state index contributed by atoms with van der Waals surface area (Å²) in [6.07, 6.45) is 6.18. The standard InChI is InChI=1S/C14H23N3O3S/c1-10-5-3-4-6-11(10)8-16-14(18)13-7-12(9-17(13)2)21(15,19)20/h7,9-11H,3-6,8H2,1-2H3,(H,16,18)(H2,15,19,20). The SMILES string of the molecule is CC1CCCCC1CNC(=O)c1cc(S(N)(=O)=O)cn1C. The van der Waals surface area contributed by atoms with Gasteiger partial charge in [0.1, 0.15) is 10.6 Å². The fourth-order valence-electron chi connectivity index (χ4n) is 2.93. The Hall–Kier alpha value is -1.34. The van der Waals surface area contributed by atoms with Gasteiger partial charge in [0.25, 0.3) is 5.91 Å². The number of aryl methyl sites for hydroxylation is 1. The molecule has 1 heterocycles. The molecular formula is C14H23N3O3S. The second-order valence-corrected chi connectivity index (χ2v) is 7.51. The van der Waals surface area contributed by atoms with Crippen molar-refractivity contribution >= 4 is 15.9 Å². The molecule has 6 nitrogen and oxygen atoms in total. The Morgan fingerprint density at radius 1 is 1.43 bits per heavy atom. The largest absolute Gasteiger partial charge is 0.350 e. The van der Waals surface area contributed by atoms with E-state index >= 15 is 0 Å². The van der Waals surface area contributed by atoms with E-state index in [2.05, 4.69) is 12.2 Å². The van der Waals surface area contributed by atoms with Crippen LogP contribution in [0.25, 0.3) is 0 Å². The van der Waals surface area contributed by atoms with Crippen molar-refractivity contribution in [3.05, 3.63) is 18.0 Å². The highest BCUT2D eigenvalue weighted by Crippen LogP contribution is 2.28. The highest BCUT2D eigenvalue weighted by molar-refractivity contribution is 7.89. The van der Waals surface area contributed by atoms with Crippen molar-refractivity contribution in [2.24, 2.45) is 24.0 Å². The van der Waals surface area contributed by atoms with Crippen molar-refractivity contribution in [2.75, 3.05) is 6.54 Å². The number of rotatable bonds is 4. The predicted octanol–water partition coefficient (Wildman–Crippen LogP) is 1.23. The number of primary sulfonamides is 1. The zero-order valence-electron chi connectivity index (χ0n) is 12.5. The Labute approximate surface area is 125 Å². The fourth-order valence-corrected chi connectivity index (χ4v) is 3.51. The maximum Gasteiger partial charge on any atom is 0.267 e. The quantitative estimate of drug-likeness (QED) is 0.875. The lowest BCUT2D eigenvalue weighted by molar-refractivity contribution is 0.0928. The monoisotopic (exact) mass is 313 g/mol. The third kappa shape index (κ3) is 3.85. The van der Waals surface area contributed by atoms with Crippen LogP contribution in [0.3, 0.4) is 0 Å². The Kier molecular flexibility index (Phi) is 4.73. The van der Waals surface area contributed by atoms with Gasteiger partial charge in [-0.3, -0.25) is 4.79 Å². The fraction of sp³-hybridized carbons (Fsp3) is 0.643. The molecule has 2 rings (SSSR count). The minimum atomic E-state index is -3.78. The third-order valence-electron chi connectivity index (χ3n) is 4.35. The summed E-state index contributed by atoms with van der Waals surface area (Å²) in [5.74, 6) is 0.860. The normalized spacial score (nSPS) is 23.0. The average Bonchev–Trinajstić information content (AvgIpc) is 2.80. The molecule has 0 saturated heterocycles. The van der Waals surface area contributed by atoms with Crippen molar-refractivity contribution in [3.63, 3.8) is 0 Å². The smallest absolute Gasteiger partial charge is 0.267 e. The van der Waals surface area contributed by atoms with E-state index in [9.17, 15) is 13.2 Å². The molecule has 0 spiro atoms. The average molecular weight is 313 g/mol. The van der Waals surface area contributed by atoms with Crippen LogP contribution in [0.15, 0.2) is 17.2 Å². The molecule has 0 radical (unpaired) electrons. The van der Waals surface area contributed by atoms with E-state index in [0.29, 0.717) is 24.1 Å². The molecule has 21 heavy (non-hydrogen) atoms. The molecule has 0 bridgehead atoms. The number of nitrogens with one attached hydrogen (secondary N) is 1. The van der Waals surface area contributed by atoms with Gasteiger partial charge in [-0.25, -0.2) is 13.6 Å². The van der Waals surface area contributed by atoms with Gasteiger partial charge in [-0.2, -0.15) is 0 Å². The van der Waals surface area contributed by atoms with Crippen molar-refractivity contribution in [2.45, 2.75) is 37.5 Å². The number of hydrogen-bond acceptors (Lipinski definition) is 3. The van der Waals surface area contributed by atoms with Gasteiger partial charge in [0.15, 0.2) is 0 Å². The highest BCUT2D eigenvalue weighted by Gasteiger charge is 2.23. The summed E-state index contributed by atoms with van der Waals surface area (Å²) in [6.45, 7) is 2.85. The zero-order valence-corrected chi connectivity index (χ0v) is 13.3. The first-order chi connectivity index (χ1) is 9.79. The number of carbonyl (C=O) groups excluding carboxylic acids is 1. The van der Waals surface area contributed by atoms with Crippen LogP contribution in [0.2, 0.25) is 0 Å². The van der Waals surface area contributed by atoms with Crippen LogP contribution in [-0.2, 0) is 17.1 Å². The van der Waals surface area contributed by atoms with E-state index in [4.69, 9.17) is 5.14 Å². The summed E-state index contributed by atoms with van der Waals surface area (Å²) in [4.78, 5) is 12.1. The zero-order chi connectivity index (χ0) is 15.6. The van der Waals surface area contributed by atoms with E-state index < -0.39 is 10.0 Å². The van der Waals surface area contributed by atoms with Crippen LogP contribution in [0.4, 0.5) is 0 Å². The first kappa shape index (κ1) is 16.0. The highest BCUT2D eigenvalue weighted by atomic mass is 32.2. The molecule has 1 amide bonds. The number of nitrogens with zero attached hydrogens (tertiary/aromatic N) is 1. The Bertz CT molecular complexity index is 621. The first-order valence-corrected chi connectivity index (χ1v) is 8.81. The van der Waals surface area contributed by atoms with Crippen LogP contribution in [0.1, 0.15) is 43.1 Å². The van der Waals surface area contributed by atoms with E-state index in [0.717, 1.165) is 6.42 Å². The van der Waals surface area contributed by atoms with Gasteiger partial charge in [-0.1, -0.05) is 26.2 Å². The predicted molar refractivity (Wildman–Crippen MR) is 80.2 cm³/mol. The number of hydrogen-bond donors (Lipinski definition) is 2. The minimum Gasteiger partial charge on any atom is -0.350 e. The Morgan fingerprint density at radius 3 is 2.67 bits per heavy atom. The molecule has 3 N–H and O–H groups in total. The molecule has 2 atom stereocenters. The summed E-state index contributed by atoms with van der Waals surface area (Å²) in [5, 5.41) is 7.98. The van der Waals surface area contributed by atoms with E-state index in [1.165, 1.54) is 36.1 Å². The second-order valence-electron chi connectivity index (χ2n) is 5.95. The number of nitrogens with two attached hydrogens (primary N) is 1. The van der Waals surface area contributed by atoms with Crippen LogP contribution in [0, 0.1) is 11.8 Å². The van der Waals surface area contributed by atoms with Crippen molar-refractivity contribution in [3.8, 4) is 0 Å². The first-order valence-electron chi connectivity index (χ1n) is 7.26. The summed E-state index contributed by atoms with van der Waals surface area (Å²) in [7, 11) is -2.15. The number of sulfonamides is 1. The Balaban J connectivity index is 2.02.